The van der Waals surface area contributed by atoms with Crippen LogP contribution in [0.1, 0.15) is 48.0 Å². The third-order valence-electron chi connectivity index (χ3n) is 6.79. The highest BCUT2D eigenvalue weighted by Crippen LogP contribution is 2.30. The Morgan fingerprint density at radius 1 is 1.00 bits per heavy atom. The van der Waals surface area contributed by atoms with Crippen LogP contribution in [-0.4, -0.2) is 30.9 Å². The lowest BCUT2D eigenvalue weighted by Gasteiger charge is -2.32. The number of hydrogen-bond donors (Lipinski definition) is 2. The van der Waals surface area contributed by atoms with E-state index >= 15 is 0 Å². The zero-order valence-corrected chi connectivity index (χ0v) is 20.8. The largest absolute Gasteiger partial charge is 0.494 e. The SMILES string of the molecule is OC(CCCOc1ccc(C2CCNCC2OCc2ccc3sccc3c2)cc1)c1ccccc1. The molecule has 0 saturated carbocycles. The van der Waals surface area contributed by atoms with Crippen molar-refractivity contribution >= 4 is 21.4 Å². The fourth-order valence-corrected chi connectivity index (χ4v) is 5.59. The van der Waals surface area contributed by atoms with Gasteiger partial charge in [-0.05, 0) is 83.6 Å². The van der Waals surface area contributed by atoms with Gasteiger partial charge in [0.15, 0.2) is 0 Å². The van der Waals surface area contributed by atoms with Crippen molar-refractivity contribution in [2.75, 3.05) is 19.7 Å². The van der Waals surface area contributed by atoms with Crippen molar-refractivity contribution in [2.24, 2.45) is 0 Å². The van der Waals surface area contributed by atoms with Crippen LogP contribution in [0.4, 0.5) is 0 Å². The number of thiophene rings is 1. The van der Waals surface area contributed by atoms with E-state index in [2.05, 4.69) is 59.2 Å². The quantitative estimate of drug-likeness (QED) is 0.252. The van der Waals surface area contributed by atoms with E-state index in [9.17, 15) is 5.11 Å². The minimum Gasteiger partial charge on any atom is -0.494 e. The fraction of sp³-hybridized carbons (Fsp3) is 0.333. The molecule has 0 spiro atoms. The maximum atomic E-state index is 10.3. The van der Waals surface area contributed by atoms with Crippen LogP contribution in [0.2, 0.25) is 0 Å². The molecular weight excluding hydrogens is 454 g/mol. The van der Waals surface area contributed by atoms with E-state index in [-0.39, 0.29) is 6.10 Å². The second-order valence-electron chi connectivity index (χ2n) is 9.23. The lowest BCUT2D eigenvalue weighted by Crippen LogP contribution is -2.40. The summed E-state index contributed by atoms with van der Waals surface area (Å²) in [5, 5.41) is 17.2. The van der Waals surface area contributed by atoms with Gasteiger partial charge in [0.2, 0.25) is 0 Å². The highest BCUT2D eigenvalue weighted by atomic mass is 32.1. The summed E-state index contributed by atoms with van der Waals surface area (Å²) in [6.45, 7) is 3.10. The van der Waals surface area contributed by atoms with E-state index in [1.807, 2.05) is 30.3 Å². The van der Waals surface area contributed by atoms with Crippen molar-refractivity contribution in [1.82, 2.24) is 5.32 Å². The van der Waals surface area contributed by atoms with Crippen LogP contribution < -0.4 is 10.1 Å². The van der Waals surface area contributed by atoms with E-state index in [1.165, 1.54) is 21.2 Å². The third kappa shape index (κ3) is 6.30. The molecule has 35 heavy (non-hydrogen) atoms. The van der Waals surface area contributed by atoms with Crippen molar-refractivity contribution in [1.29, 1.82) is 0 Å². The molecule has 182 valence electrons. The van der Waals surface area contributed by atoms with Crippen LogP contribution in [-0.2, 0) is 11.3 Å². The summed E-state index contributed by atoms with van der Waals surface area (Å²) in [6, 6.07) is 27.1. The van der Waals surface area contributed by atoms with Gasteiger partial charge in [0.1, 0.15) is 5.75 Å². The Morgan fingerprint density at radius 3 is 2.71 bits per heavy atom. The maximum absolute atomic E-state index is 10.3. The molecule has 0 amide bonds. The van der Waals surface area contributed by atoms with Gasteiger partial charge in [0, 0.05) is 17.2 Å². The Morgan fingerprint density at radius 2 is 1.86 bits per heavy atom. The van der Waals surface area contributed by atoms with Crippen LogP contribution in [0.15, 0.2) is 84.2 Å². The predicted molar refractivity (Wildman–Crippen MR) is 143 cm³/mol. The molecule has 4 aromatic rings. The molecular formula is C30H33NO3S. The van der Waals surface area contributed by atoms with Crippen molar-refractivity contribution in [3.05, 3.63) is 101 Å². The molecule has 5 rings (SSSR count). The summed E-state index contributed by atoms with van der Waals surface area (Å²) in [7, 11) is 0. The van der Waals surface area contributed by atoms with E-state index in [0.29, 0.717) is 25.6 Å². The average molecular weight is 488 g/mol. The summed E-state index contributed by atoms with van der Waals surface area (Å²) < 4.78 is 13.7. The fourth-order valence-electron chi connectivity index (χ4n) is 4.82. The molecule has 0 bridgehead atoms. The van der Waals surface area contributed by atoms with Crippen molar-refractivity contribution in [2.45, 2.75) is 44.0 Å². The third-order valence-corrected chi connectivity index (χ3v) is 7.69. The summed E-state index contributed by atoms with van der Waals surface area (Å²) in [5.74, 6) is 1.25. The van der Waals surface area contributed by atoms with Gasteiger partial charge < -0.3 is 19.9 Å². The molecule has 1 aliphatic heterocycles. The maximum Gasteiger partial charge on any atom is 0.119 e. The van der Waals surface area contributed by atoms with E-state index in [1.54, 1.807) is 11.3 Å². The first kappa shape index (κ1) is 24.0. The van der Waals surface area contributed by atoms with Crippen LogP contribution >= 0.6 is 11.3 Å². The smallest absolute Gasteiger partial charge is 0.119 e. The highest BCUT2D eigenvalue weighted by Gasteiger charge is 2.27. The van der Waals surface area contributed by atoms with Crippen LogP contribution in [0.5, 0.6) is 5.75 Å². The second-order valence-corrected chi connectivity index (χ2v) is 10.2. The normalized spacial score (nSPS) is 19.0. The number of hydrogen-bond acceptors (Lipinski definition) is 5. The van der Waals surface area contributed by atoms with Gasteiger partial charge in [-0.1, -0.05) is 48.5 Å². The predicted octanol–water partition coefficient (Wildman–Crippen LogP) is 6.46. The van der Waals surface area contributed by atoms with Gasteiger partial charge in [-0.15, -0.1) is 11.3 Å². The van der Waals surface area contributed by atoms with Crippen molar-refractivity contribution in [3.63, 3.8) is 0 Å². The van der Waals surface area contributed by atoms with E-state index < -0.39 is 6.10 Å². The summed E-state index contributed by atoms with van der Waals surface area (Å²) in [4.78, 5) is 0. The van der Waals surface area contributed by atoms with Gasteiger partial charge in [-0.3, -0.25) is 0 Å². The molecule has 4 nitrogen and oxygen atoms in total. The van der Waals surface area contributed by atoms with E-state index in [4.69, 9.17) is 9.47 Å². The summed E-state index contributed by atoms with van der Waals surface area (Å²) >= 11 is 1.77. The van der Waals surface area contributed by atoms with Crippen molar-refractivity contribution in [3.8, 4) is 5.75 Å². The monoisotopic (exact) mass is 487 g/mol. The molecule has 1 saturated heterocycles. The topological polar surface area (TPSA) is 50.7 Å². The van der Waals surface area contributed by atoms with Crippen LogP contribution in [0.25, 0.3) is 10.1 Å². The number of nitrogens with one attached hydrogen (secondary N) is 1. The zero-order chi connectivity index (χ0) is 23.9. The lowest BCUT2D eigenvalue weighted by atomic mass is 9.87. The minimum atomic E-state index is -0.439. The molecule has 3 unspecified atom stereocenters. The van der Waals surface area contributed by atoms with Gasteiger partial charge in [-0.2, -0.15) is 0 Å². The second kappa shape index (κ2) is 11.8. The lowest BCUT2D eigenvalue weighted by molar-refractivity contribution is 0.0106. The van der Waals surface area contributed by atoms with E-state index in [0.717, 1.165) is 37.2 Å². The molecule has 2 N–H and O–H groups in total. The minimum absolute atomic E-state index is 0.146. The van der Waals surface area contributed by atoms with Gasteiger partial charge in [0.05, 0.1) is 25.4 Å². The number of benzene rings is 3. The molecule has 0 radical (unpaired) electrons. The first-order valence-electron chi connectivity index (χ1n) is 12.5. The number of aliphatic hydroxyl groups is 1. The molecule has 3 atom stereocenters. The molecule has 1 aliphatic rings. The summed E-state index contributed by atoms with van der Waals surface area (Å²) in [6.07, 6.45) is 2.26. The molecule has 0 aliphatic carbocycles. The molecule has 1 fully saturated rings. The Hall–Kier alpha value is -2.70. The number of rotatable bonds is 10. The number of piperidine rings is 1. The first-order valence-corrected chi connectivity index (χ1v) is 13.4. The number of ether oxygens (including phenoxy) is 2. The number of aliphatic hydroxyl groups excluding tert-OH is 1. The van der Waals surface area contributed by atoms with Crippen LogP contribution in [0.3, 0.4) is 0 Å². The Labute approximate surface area is 211 Å². The summed E-state index contributed by atoms with van der Waals surface area (Å²) in [5.41, 5.74) is 3.49. The molecule has 2 heterocycles. The Kier molecular flexibility index (Phi) is 8.11. The molecule has 1 aromatic heterocycles. The van der Waals surface area contributed by atoms with Gasteiger partial charge in [0.25, 0.3) is 0 Å². The molecule has 5 heteroatoms. The zero-order valence-electron chi connectivity index (χ0n) is 19.9. The standard InChI is InChI=1S/C30H33NO3S/c32-28(24-5-2-1-3-6-24)7-4-17-33-26-11-9-23(10-12-26)27-14-16-31-20-29(27)34-21-22-8-13-30-25(19-22)15-18-35-30/h1-3,5-6,8-13,15,18-19,27-29,31-32H,4,7,14,16-17,20-21H2. The Balaban J connectivity index is 1.12. The molecule has 3 aromatic carbocycles. The average Bonchev–Trinajstić information content (AvgIpc) is 3.39. The van der Waals surface area contributed by atoms with Crippen LogP contribution in [0, 0.1) is 0 Å². The van der Waals surface area contributed by atoms with Gasteiger partial charge >= 0.3 is 0 Å². The first-order chi connectivity index (χ1) is 17.3. The van der Waals surface area contributed by atoms with Gasteiger partial charge in [-0.25, -0.2) is 0 Å². The number of fused-ring (bicyclic) bond motifs is 1. The Bertz CT molecular complexity index is 1190. The van der Waals surface area contributed by atoms with Crippen molar-refractivity contribution < 1.29 is 14.6 Å². The highest BCUT2D eigenvalue weighted by molar-refractivity contribution is 7.17.